The summed E-state index contributed by atoms with van der Waals surface area (Å²) < 4.78 is 10.4. The van der Waals surface area contributed by atoms with Gasteiger partial charge in [-0.05, 0) is 24.1 Å². The normalized spacial score (nSPS) is 18.6. The van der Waals surface area contributed by atoms with E-state index >= 15 is 0 Å². The van der Waals surface area contributed by atoms with Gasteiger partial charge in [0.1, 0.15) is 6.54 Å². The third kappa shape index (κ3) is 4.14. The molecule has 0 aromatic heterocycles. The van der Waals surface area contributed by atoms with Gasteiger partial charge >= 0.3 is 18.1 Å². The Hall–Kier alpha value is -4.21. The molecule has 0 radical (unpaired) electrons. The van der Waals surface area contributed by atoms with Crippen LogP contribution in [0.4, 0.5) is 15.3 Å². The predicted molar refractivity (Wildman–Crippen MR) is 114 cm³/mol. The van der Waals surface area contributed by atoms with E-state index in [9.17, 15) is 24.0 Å². The van der Waals surface area contributed by atoms with E-state index in [-0.39, 0.29) is 12.5 Å². The van der Waals surface area contributed by atoms with Gasteiger partial charge in [-0.15, -0.1) is 0 Å². The van der Waals surface area contributed by atoms with Crippen LogP contribution in [0.3, 0.4) is 0 Å². The molecule has 1 spiro atoms. The van der Waals surface area contributed by atoms with E-state index in [1.54, 1.807) is 48.5 Å². The number of rotatable bonds is 6. The SMILES string of the molecule is CNC(=O)Nc1ccc2c(c1)CC[C@@]21OC(=O)N(CC(=O)OCC(=O)c2ccccc2)C1=O. The molecule has 1 aliphatic heterocycles. The summed E-state index contributed by atoms with van der Waals surface area (Å²) in [6, 6.07) is 12.9. The Kier molecular flexibility index (Phi) is 5.82. The fourth-order valence-electron chi connectivity index (χ4n) is 3.95. The molecule has 2 aromatic carbocycles. The lowest BCUT2D eigenvalue weighted by Crippen LogP contribution is -2.40. The van der Waals surface area contributed by atoms with Gasteiger partial charge in [-0.25, -0.2) is 14.5 Å². The van der Waals surface area contributed by atoms with E-state index < -0.39 is 42.5 Å². The molecule has 1 saturated heterocycles. The molecule has 170 valence electrons. The van der Waals surface area contributed by atoms with Crippen LogP contribution in [-0.4, -0.2) is 54.9 Å². The minimum absolute atomic E-state index is 0.217. The standard InChI is InChI=1S/C23H21N3O7/c1-24-21(30)25-16-7-8-17-15(11-16)9-10-23(17)20(29)26(22(31)33-23)12-19(28)32-13-18(27)14-5-3-2-4-6-14/h2-8,11H,9-10,12-13H2,1H3,(H2,24,25,30)/t23-/m1/s1. The molecule has 1 aliphatic carbocycles. The second-order valence-electron chi connectivity index (χ2n) is 7.61. The summed E-state index contributed by atoms with van der Waals surface area (Å²) in [4.78, 5) is 62.1. The number of fused-ring (bicyclic) bond motifs is 2. The average Bonchev–Trinajstić information content (AvgIpc) is 3.30. The predicted octanol–water partition coefficient (Wildman–Crippen LogP) is 1.98. The van der Waals surface area contributed by atoms with Crippen molar-refractivity contribution in [3.8, 4) is 0 Å². The summed E-state index contributed by atoms with van der Waals surface area (Å²) in [6.07, 6.45) is -0.290. The highest BCUT2D eigenvalue weighted by molar-refractivity contribution is 6.06. The van der Waals surface area contributed by atoms with Crippen LogP contribution >= 0.6 is 0 Å². The highest BCUT2D eigenvalue weighted by Crippen LogP contribution is 2.45. The van der Waals surface area contributed by atoms with Crippen molar-refractivity contribution in [2.75, 3.05) is 25.5 Å². The number of anilines is 1. The molecule has 2 aromatic rings. The van der Waals surface area contributed by atoms with Crippen LogP contribution < -0.4 is 10.6 Å². The number of carbonyl (C=O) groups excluding carboxylic acids is 5. The summed E-state index contributed by atoms with van der Waals surface area (Å²) in [5, 5.41) is 5.10. The van der Waals surface area contributed by atoms with Crippen LogP contribution in [0.15, 0.2) is 48.5 Å². The quantitative estimate of drug-likeness (QED) is 0.507. The fraction of sp³-hybridized carbons (Fsp3) is 0.261. The van der Waals surface area contributed by atoms with Crippen molar-refractivity contribution in [3.63, 3.8) is 0 Å². The van der Waals surface area contributed by atoms with Crippen molar-refractivity contribution in [2.45, 2.75) is 18.4 Å². The van der Waals surface area contributed by atoms with E-state index in [4.69, 9.17) is 9.47 Å². The molecule has 0 unspecified atom stereocenters. The number of nitrogens with zero attached hydrogens (tertiary/aromatic N) is 1. The lowest BCUT2D eigenvalue weighted by molar-refractivity contribution is -0.147. The second kappa shape index (κ2) is 8.73. The van der Waals surface area contributed by atoms with Crippen molar-refractivity contribution in [2.24, 2.45) is 0 Å². The average molecular weight is 451 g/mol. The molecule has 4 amide bonds. The van der Waals surface area contributed by atoms with E-state index in [1.165, 1.54) is 7.05 Å². The zero-order valence-electron chi connectivity index (χ0n) is 17.8. The number of ketones is 1. The number of Topliss-reactive ketones (excluding diaryl/α,β-unsaturated/α-hetero) is 1. The van der Waals surface area contributed by atoms with Crippen LogP contribution in [-0.2, 0) is 31.1 Å². The van der Waals surface area contributed by atoms with Gasteiger partial charge in [-0.1, -0.05) is 36.4 Å². The maximum Gasteiger partial charge on any atom is 0.418 e. The molecule has 1 fully saturated rings. The number of hydrogen-bond donors (Lipinski definition) is 2. The second-order valence-corrected chi connectivity index (χ2v) is 7.61. The van der Waals surface area contributed by atoms with Crippen molar-refractivity contribution < 1.29 is 33.4 Å². The lowest BCUT2D eigenvalue weighted by atomic mass is 9.94. The summed E-state index contributed by atoms with van der Waals surface area (Å²) in [5.74, 6) is -1.96. The summed E-state index contributed by atoms with van der Waals surface area (Å²) >= 11 is 0. The molecular formula is C23H21N3O7. The number of carbonyl (C=O) groups is 5. The van der Waals surface area contributed by atoms with E-state index in [0.29, 0.717) is 28.1 Å². The van der Waals surface area contributed by atoms with Crippen molar-refractivity contribution in [1.82, 2.24) is 10.2 Å². The molecule has 1 atom stereocenters. The first-order valence-electron chi connectivity index (χ1n) is 10.2. The first-order valence-corrected chi connectivity index (χ1v) is 10.2. The Morgan fingerprint density at radius 2 is 1.88 bits per heavy atom. The Morgan fingerprint density at radius 3 is 2.61 bits per heavy atom. The number of nitrogens with one attached hydrogen (secondary N) is 2. The van der Waals surface area contributed by atoms with E-state index in [2.05, 4.69) is 10.6 Å². The molecule has 4 rings (SSSR count). The number of imide groups is 1. The highest BCUT2D eigenvalue weighted by atomic mass is 16.6. The summed E-state index contributed by atoms with van der Waals surface area (Å²) in [7, 11) is 1.49. The minimum Gasteiger partial charge on any atom is -0.456 e. The van der Waals surface area contributed by atoms with Gasteiger partial charge in [0.25, 0.3) is 5.91 Å². The maximum atomic E-state index is 13.1. The van der Waals surface area contributed by atoms with E-state index in [1.807, 2.05) is 0 Å². The topological polar surface area (TPSA) is 131 Å². The molecule has 10 heteroatoms. The van der Waals surface area contributed by atoms with Gasteiger partial charge in [-0.2, -0.15) is 0 Å². The van der Waals surface area contributed by atoms with Gasteiger partial charge in [0, 0.05) is 30.3 Å². The van der Waals surface area contributed by atoms with Gasteiger partial charge in [-0.3, -0.25) is 14.4 Å². The molecular weight excluding hydrogens is 430 g/mol. The fourth-order valence-corrected chi connectivity index (χ4v) is 3.95. The van der Waals surface area contributed by atoms with Gasteiger partial charge in [0.2, 0.25) is 5.60 Å². The number of amides is 4. The molecule has 2 N–H and O–H groups in total. The number of esters is 1. The Morgan fingerprint density at radius 1 is 1.12 bits per heavy atom. The van der Waals surface area contributed by atoms with Gasteiger partial charge < -0.3 is 20.1 Å². The number of hydrogen-bond acceptors (Lipinski definition) is 7. The van der Waals surface area contributed by atoms with E-state index in [0.717, 1.165) is 5.56 Å². The van der Waals surface area contributed by atoms with Crippen molar-refractivity contribution >= 4 is 35.5 Å². The van der Waals surface area contributed by atoms with Crippen LogP contribution in [0, 0.1) is 0 Å². The largest absolute Gasteiger partial charge is 0.456 e. The van der Waals surface area contributed by atoms with Crippen molar-refractivity contribution in [3.05, 3.63) is 65.2 Å². The number of ether oxygens (including phenoxy) is 2. The number of urea groups is 1. The lowest BCUT2D eigenvalue weighted by Gasteiger charge is -2.20. The smallest absolute Gasteiger partial charge is 0.418 e. The zero-order valence-corrected chi connectivity index (χ0v) is 17.8. The van der Waals surface area contributed by atoms with Gasteiger partial charge in [0.05, 0.1) is 0 Å². The van der Waals surface area contributed by atoms with Gasteiger partial charge in [0.15, 0.2) is 12.4 Å². The molecule has 1 heterocycles. The number of aryl methyl sites for hydroxylation is 1. The molecule has 0 saturated carbocycles. The summed E-state index contributed by atoms with van der Waals surface area (Å²) in [5.41, 5.74) is 0.665. The van der Waals surface area contributed by atoms with Crippen LogP contribution in [0.1, 0.15) is 27.9 Å². The van der Waals surface area contributed by atoms with Crippen LogP contribution in [0.25, 0.3) is 0 Å². The zero-order chi connectivity index (χ0) is 23.6. The Balaban J connectivity index is 1.43. The number of benzene rings is 2. The van der Waals surface area contributed by atoms with Crippen LogP contribution in [0.5, 0.6) is 0 Å². The minimum atomic E-state index is -1.52. The third-order valence-electron chi connectivity index (χ3n) is 5.59. The molecule has 0 bridgehead atoms. The van der Waals surface area contributed by atoms with Crippen LogP contribution in [0.2, 0.25) is 0 Å². The first-order chi connectivity index (χ1) is 15.8. The summed E-state index contributed by atoms with van der Waals surface area (Å²) in [6.45, 7) is -1.16. The van der Waals surface area contributed by atoms with Crippen molar-refractivity contribution in [1.29, 1.82) is 0 Å². The maximum absolute atomic E-state index is 13.1. The molecule has 10 nitrogen and oxygen atoms in total. The monoisotopic (exact) mass is 451 g/mol. The Labute approximate surface area is 188 Å². The molecule has 33 heavy (non-hydrogen) atoms. The third-order valence-corrected chi connectivity index (χ3v) is 5.59. The first kappa shape index (κ1) is 22.0. The molecule has 2 aliphatic rings. The highest BCUT2D eigenvalue weighted by Gasteiger charge is 2.58. The Bertz CT molecular complexity index is 1150.